The van der Waals surface area contributed by atoms with Crippen molar-refractivity contribution in [1.29, 1.82) is 0 Å². The average molecular weight is 423 g/mol. The molecule has 5 nitrogen and oxygen atoms in total. The van der Waals surface area contributed by atoms with Crippen molar-refractivity contribution < 1.29 is 13.2 Å². The van der Waals surface area contributed by atoms with Crippen LogP contribution >= 0.6 is 0 Å². The molecule has 0 aromatic heterocycles. The molecule has 0 bridgehead atoms. The Hall–Kier alpha value is -2.96. The van der Waals surface area contributed by atoms with E-state index in [1.54, 1.807) is 32.9 Å². The molecule has 3 aromatic carbocycles. The second-order valence-electron chi connectivity index (χ2n) is 8.13. The number of hydrogen-bond donors (Lipinski definition) is 2. The van der Waals surface area contributed by atoms with Gasteiger partial charge in [0.2, 0.25) is 15.9 Å². The fraction of sp³-hybridized carbons (Fsp3) is 0.208. The van der Waals surface area contributed by atoms with Crippen LogP contribution in [0.4, 0.5) is 5.69 Å². The van der Waals surface area contributed by atoms with Crippen molar-refractivity contribution >= 4 is 21.6 Å². The van der Waals surface area contributed by atoms with Crippen LogP contribution in [0.25, 0.3) is 0 Å². The lowest BCUT2D eigenvalue weighted by atomic mass is 9.90. The molecule has 0 aliphatic carbocycles. The molecule has 30 heavy (non-hydrogen) atoms. The van der Waals surface area contributed by atoms with Crippen molar-refractivity contribution in [3.05, 3.63) is 96.1 Å². The Morgan fingerprint density at radius 2 is 1.33 bits per heavy atom. The van der Waals surface area contributed by atoms with Crippen LogP contribution in [0.15, 0.2) is 89.8 Å². The van der Waals surface area contributed by atoms with Gasteiger partial charge in [0.05, 0.1) is 10.8 Å². The van der Waals surface area contributed by atoms with Crippen LogP contribution in [-0.4, -0.2) is 19.9 Å². The summed E-state index contributed by atoms with van der Waals surface area (Å²) in [6.45, 7) is 5.33. The van der Waals surface area contributed by atoms with E-state index >= 15 is 0 Å². The average Bonchev–Trinajstić information content (AvgIpc) is 2.68. The number of carbonyl (C=O) groups excluding carboxylic acids is 1. The molecule has 0 heterocycles. The minimum Gasteiger partial charge on any atom is -0.325 e. The molecule has 156 valence electrons. The van der Waals surface area contributed by atoms with Gasteiger partial charge in [-0.3, -0.25) is 4.79 Å². The van der Waals surface area contributed by atoms with Crippen molar-refractivity contribution in [1.82, 2.24) is 4.72 Å². The van der Waals surface area contributed by atoms with Crippen LogP contribution in [-0.2, 0) is 14.8 Å². The molecule has 0 aliphatic heterocycles. The highest BCUT2D eigenvalue weighted by Crippen LogP contribution is 2.27. The van der Waals surface area contributed by atoms with Crippen LogP contribution in [0.1, 0.15) is 37.8 Å². The fourth-order valence-electron chi connectivity index (χ4n) is 3.20. The highest BCUT2D eigenvalue weighted by Gasteiger charge is 2.24. The second-order valence-corrected chi connectivity index (χ2v) is 9.81. The van der Waals surface area contributed by atoms with Gasteiger partial charge < -0.3 is 5.32 Å². The van der Waals surface area contributed by atoms with Crippen molar-refractivity contribution in [3.63, 3.8) is 0 Å². The normalized spacial score (nSPS) is 12.0. The van der Waals surface area contributed by atoms with Crippen molar-refractivity contribution in [2.75, 3.05) is 5.32 Å². The number of carbonyl (C=O) groups is 1. The largest absolute Gasteiger partial charge is 0.325 e. The van der Waals surface area contributed by atoms with Crippen LogP contribution in [0.3, 0.4) is 0 Å². The van der Waals surface area contributed by atoms with Gasteiger partial charge in [0.15, 0.2) is 0 Å². The Kier molecular flexibility index (Phi) is 6.39. The zero-order valence-corrected chi connectivity index (χ0v) is 18.1. The number of sulfonamides is 1. The summed E-state index contributed by atoms with van der Waals surface area (Å²) in [5.41, 5.74) is 1.54. The molecule has 0 fully saturated rings. The summed E-state index contributed by atoms with van der Waals surface area (Å²) in [6, 6.07) is 25.3. The van der Waals surface area contributed by atoms with E-state index < -0.39 is 21.5 Å². The van der Waals surface area contributed by atoms with E-state index in [2.05, 4.69) is 10.0 Å². The first-order valence-corrected chi connectivity index (χ1v) is 11.2. The van der Waals surface area contributed by atoms with Crippen LogP contribution in [0, 0.1) is 0 Å². The minimum atomic E-state index is -3.70. The predicted molar refractivity (Wildman–Crippen MR) is 120 cm³/mol. The van der Waals surface area contributed by atoms with E-state index in [0.717, 1.165) is 11.1 Å². The summed E-state index contributed by atoms with van der Waals surface area (Å²) in [7, 11) is -3.70. The van der Waals surface area contributed by atoms with E-state index in [1.165, 1.54) is 12.1 Å². The first-order valence-electron chi connectivity index (χ1n) is 9.70. The molecule has 0 atom stereocenters. The van der Waals surface area contributed by atoms with Crippen molar-refractivity contribution in [2.24, 2.45) is 0 Å². The van der Waals surface area contributed by atoms with Crippen LogP contribution in [0.5, 0.6) is 0 Å². The van der Waals surface area contributed by atoms with Crippen molar-refractivity contribution in [2.45, 2.75) is 37.1 Å². The third kappa shape index (κ3) is 5.55. The van der Waals surface area contributed by atoms with Gasteiger partial charge in [-0.2, -0.15) is 0 Å². The highest BCUT2D eigenvalue weighted by atomic mass is 32.2. The molecule has 0 radical (unpaired) electrons. The van der Waals surface area contributed by atoms with Crippen LogP contribution < -0.4 is 10.0 Å². The van der Waals surface area contributed by atoms with Gasteiger partial charge >= 0.3 is 0 Å². The molecule has 3 rings (SSSR count). The van der Waals surface area contributed by atoms with E-state index in [9.17, 15) is 13.2 Å². The number of hydrogen-bond acceptors (Lipinski definition) is 3. The fourth-order valence-corrected chi connectivity index (χ4v) is 4.67. The maximum absolute atomic E-state index is 13.2. The third-order valence-corrected chi connectivity index (χ3v) is 6.14. The number of nitrogens with one attached hydrogen (secondary N) is 2. The Labute approximate surface area is 178 Å². The van der Waals surface area contributed by atoms with Gasteiger partial charge in [-0.15, -0.1) is 0 Å². The summed E-state index contributed by atoms with van der Waals surface area (Å²) in [4.78, 5) is 13.3. The molecule has 3 aromatic rings. The van der Waals surface area contributed by atoms with Gasteiger partial charge in [-0.05, 0) is 50.1 Å². The number of amides is 1. The summed E-state index contributed by atoms with van der Waals surface area (Å²) < 4.78 is 27.9. The molecule has 0 unspecified atom stereocenters. The lowest BCUT2D eigenvalue weighted by Crippen LogP contribution is -2.40. The maximum Gasteiger partial charge on any atom is 0.241 e. The second kappa shape index (κ2) is 8.81. The zero-order chi connectivity index (χ0) is 21.8. The quantitative estimate of drug-likeness (QED) is 0.613. The first-order chi connectivity index (χ1) is 14.2. The molecule has 0 aliphatic rings. The Bertz CT molecular complexity index is 1070. The smallest absolute Gasteiger partial charge is 0.241 e. The standard InChI is InChI=1S/C24H26N2O3S/c1-24(2,3)26-30(28,29)21-16-10-15-20(17-21)25-23(27)22(18-11-6-4-7-12-18)19-13-8-5-9-14-19/h4-17,22,26H,1-3H3,(H,25,27). The zero-order valence-electron chi connectivity index (χ0n) is 17.3. The molecular weight excluding hydrogens is 396 g/mol. The van der Waals surface area contributed by atoms with Gasteiger partial charge in [0.25, 0.3) is 0 Å². The molecular formula is C24H26N2O3S. The third-order valence-electron chi connectivity index (χ3n) is 4.38. The molecule has 6 heteroatoms. The Morgan fingerprint density at radius 3 is 1.83 bits per heavy atom. The summed E-state index contributed by atoms with van der Waals surface area (Å²) >= 11 is 0. The summed E-state index contributed by atoms with van der Waals surface area (Å²) in [5, 5.41) is 2.88. The topological polar surface area (TPSA) is 75.3 Å². The van der Waals surface area contributed by atoms with E-state index in [0.29, 0.717) is 5.69 Å². The Morgan fingerprint density at radius 1 is 0.800 bits per heavy atom. The number of anilines is 1. The number of benzene rings is 3. The first kappa shape index (κ1) is 21.7. The lowest BCUT2D eigenvalue weighted by molar-refractivity contribution is -0.116. The molecule has 0 saturated heterocycles. The maximum atomic E-state index is 13.2. The monoisotopic (exact) mass is 422 g/mol. The van der Waals surface area contributed by atoms with Gasteiger partial charge in [-0.1, -0.05) is 66.7 Å². The SMILES string of the molecule is CC(C)(C)NS(=O)(=O)c1cccc(NC(=O)C(c2ccccc2)c2ccccc2)c1. The van der Waals surface area contributed by atoms with Gasteiger partial charge in [0, 0.05) is 11.2 Å². The van der Waals surface area contributed by atoms with E-state index in [-0.39, 0.29) is 10.8 Å². The predicted octanol–water partition coefficient (Wildman–Crippen LogP) is 4.53. The van der Waals surface area contributed by atoms with E-state index in [1.807, 2.05) is 60.7 Å². The summed E-state index contributed by atoms with van der Waals surface area (Å²) in [6.07, 6.45) is 0. The highest BCUT2D eigenvalue weighted by molar-refractivity contribution is 7.89. The molecule has 0 saturated carbocycles. The summed E-state index contributed by atoms with van der Waals surface area (Å²) in [5.74, 6) is -0.744. The van der Waals surface area contributed by atoms with Gasteiger partial charge in [0.1, 0.15) is 0 Å². The van der Waals surface area contributed by atoms with Gasteiger partial charge in [-0.25, -0.2) is 13.1 Å². The molecule has 1 amide bonds. The lowest BCUT2D eigenvalue weighted by Gasteiger charge is -2.21. The van der Waals surface area contributed by atoms with Crippen LogP contribution in [0.2, 0.25) is 0 Å². The van der Waals surface area contributed by atoms with Crippen molar-refractivity contribution in [3.8, 4) is 0 Å². The van der Waals surface area contributed by atoms with E-state index in [4.69, 9.17) is 0 Å². The number of rotatable bonds is 6. The Balaban J connectivity index is 1.90. The minimum absolute atomic E-state index is 0.103. The molecule has 0 spiro atoms. The molecule has 2 N–H and O–H groups in total.